The van der Waals surface area contributed by atoms with Gasteiger partial charge in [-0.05, 0) is 27.2 Å². The topological polar surface area (TPSA) is 93.3 Å². The van der Waals surface area contributed by atoms with Crippen LogP contribution in [0.15, 0.2) is 16.4 Å². The fraction of sp³-hybridized carbons (Fsp3) is 0.632. The number of carbonyl (C=O) groups is 1. The number of amides is 1. The Balaban J connectivity index is 1.99. The molecular weight excluding hydrogens is 334 g/mol. The Morgan fingerprint density at radius 1 is 1.46 bits per heavy atom. The smallest absolute Gasteiger partial charge is 0.254 e. The maximum Gasteiger partial charge on any atom is 0.254 e. The SMILES string of the molecule is CCc1nc(C)c(CC(=O)N[C@@H]2CCOC[C@H]2OCC=C(C)C)c(=O)[nH]1. The molecule has 1 aliphatic rings. The molecule has 0 unspecified atom stereocenters. The molecule has 0 radical (unpaired) electrons. The van der Waals surface area contributed by atoms with Crippen molar-refractivity contribution >= 4 is 5.91 Å². The molecule has 144 valence electrons. The Labute approximate surface area is 154 Å². The Morgan fingerprint density at radius 2 is 2.23 bits per heavy atom. The zero-order valence-electron chi connectivity index (χ0n) is 16.1. The molecule has 0 aromatic carbocycles. The van der Waals surface area contributed by atoms with Gasteiger partial charge in [-0.3, -0.25) is 9.59 Å². The van der Waals surface area contributed by atoms with Crippen molar-refractivity contribution in [2.24, 2.45) is 0 Å². The van der Waals surface area contributed by atoms with E-state index in [9.17, 15) is 9.59 Å². The minimum atomic E-state index is -0.243. The molecular formula is C19H29N3O4. The third kappa shape index (κ3) is 5.78. The van der Waals surface area contributed by atoms with Crippen molar-refractivity contribution in [3.8, 4) is 0 Å². The molecule has 2 heterocycles. The number of allylic oxidation sites excluding steroid dienone is 1. The van der Waals surface area contributed by atoms with Gasteiger partial charge in [-0.25, -0.2) is 4.98 Å². The number of carbonyl (C=O) groups excluding carboxylic acids is 1. The molecule has 2 N–H and O–H groups in total. The van der Waals surface area contributed by atoms with Gasteiger partial charge in [0, 0.05) is 24.3 Å². The predicted molar refractivity (Wildman–Crippen MR) is 99.2 cm³/mol. The van der Waals surface area contributed by atoms with Crippen LogP contribution in [0.4, 0.5) is 0 Å². The van der Waals surface area contributed by atoms with Crippen molar-refractivity contribution in [3.05, 3.63) is 39.1 Å². The molecule has 2 atom stereocenters. The van der Waals surface area contributed by atoms with Crippen molar-refractivity contribution in [3.63, 3.8) is 0 Å². The molecule has 0 bridgehead atoms. The first-order chi connectivity index (χ1) is 12.4. The van der Waals surface area contributed by atoms with Crippen LogP contribution >= 0.6 is 0 Å². The minimum Gasteiger partial charge on any atom is -0.379 e. The molecule has 26 heavy (non-hydrogen) atoms. The number of aryl methyl sites for hydroxylation is 2. The molecule has 1 saturated heterocycles. The largest absolute Gasteiger partial charge is 0.379 e. The van der Waals surface area contributed by atoms with E-state index in [1.165, 1.54) is 5.57 Å². The van der Waals surface area contributed by atoms with E-state index < -0.39 is 0 Å². The summed E-state index contributed by atoms with van der Waals surface area (Å²) in [6.07, 6.45) is 3.15. The lowest BCUT2D eigenvalue weighted by molar-refractivity contribution is -0.125. The van der Waals surface area contributed by atoms with E-state index in [-0.39, 0.29) is 30.0 Å². The molecule has 2 rings (SSSR count). The lowest BCUT2D eigenvalue weighted by Gasteiger charge is -2.32. The first-order valence-corrected chi connectivity index (χ1v) is 9.11. The van der Waals surface area contributed by atoms with Crippen LogP contribution in [0, 0.1) is 6.92 Å². The van der Waals surface area contributed by atoms with Crippen LogP contribution in [-0.2, 0) is 27.1 Å². The zero-order valence-corrected chi connectivity index (χ0v) is 16.1. The van der Waals surface area contributed by atoms with Crippen LogP contribution in [0.2, 0.25) is 0 Å². The number of nitrogens with zero attached hydrogens (tertiary/aromatic N) is 1. The van der Waals surface area contributed by atoms with Gasteiger partial charge >= 0.3 is 0 Å². The molecule has 1 aliphatic heterocycles. The Bertz CT molecular complexity index is 707. The maximum absolute atomic E-state index is 12.5. The van der Waals surface area contributed by atoms with Crippen molar-refractivity contribution < 1.29 is 14.3 Å². The summed E-state index contributed by atoms with van der Waals surface area (Å²) in [5.41, 5.74) is 1.95. The highest BCUT2D eigenvalue weighted by atomic mass is 16.5. The van der Waals surface area contributed by atoms with E-state index in [0.717, 1.165) is 0 Å². The Kier molecular flexibility index (Phi) is 7.53. The summed E-state index contributed by atoms with van der Waals surface area (Å²) < 4.78 is 11.3. The summed E-state index contributed by atoms with van der Waals surface area (Å²) in [4.78, 5) is 31.7. The van der Waals surface area contributed by atoms with Gasteiger partial charge in [-0.15, -0.1) is 0 Å². The highest BCUT2D eigenvalue weighted by Gasteiger charge is 2.28. The van der Waals surface area contributed by atoms with Gasteiger partial charge < -0.3 is 19.8 Å². The minimum absolute atomic E-state index is 0.0101. The summed E-state index contributed by atoms with van der Waals surface area (Å²) in [5.74, 6) is 0.432. The Hall–Kier alpha value is -1.99. The van der Waals surface area contributed by atoms with Crippen molar-refractivity contribution in [2.45, 2.75) is 59.1 Å². The Morgan fingerprint density at radius 3 is 2.88 bits per heavy atom. The number of aromatic nitrogens is 2. The second-order valence-corrected chi connectivity index (χ2v) is 6.80. The standard InChI is InChI=1S/C19H29N3O4/c1-5-17-20-13(4)14(19(24)22-17)10-18(23)21-15-7-8-25-11-16(15)26-9-6-12(2)3/h6,15-16H,5,7-11H2,1-4H3,(H,21,23)(H,20,22,24)/t15-,16-/m1/s1. The number of hydrogen-bond acceptors (Lipinski definition) is 5. The van der Waals surface area contributed by atoms with Gasteiger partial charge in [0.15, 0.2) is 0 Å². The maximum atomic E-state index is 12.5. The summed E-state index contributed by atoms with van der Waals surface area (Å²) in [6, 6.07) is -0.121. The third-order valence-electron chi connectivity index (χ3n) is 4.40. The van der Waals surface area contributed by atoms with Crippen LogP contribution in [0.1, 0.15) is 44.3 Å². The van der Waals surface area contributed by atoms with Gasteiger partial charge in [0.25, 0.3) is 5.56 Å². The van der Waals surface area contributed by atoms with E-state index in [1.54, 1.807) is 6.92 Å². The second-order valence-electron chi connectivity index (χ2n) is 6.80. The number of ether oxygens (including phenoxy) is 2. The van der Waals surface area contributed by atoms with Crippen LogP contribution < -0.4 is 10.9 Å². The van der Waals surface area contributed by atoms with Crippen molar-refractivity contribution in [1.82, 2.24) is 15.3 Å². The molecule has 1 aromatic heterocycles. The second kappa shape index (κ2) is 9.64. The molecule has 0 saturated carbocycles. The highest BCUT2D eigenvalue weighted by Crippen LogP contribution is 2.12. The zero-order chi connectivity index (χ0) is 19.1. The molecule has 1 amide bonds. The fourth-order valence-corrected chi connectivity index (χ4v) is 2.84. The van der Waals surface area contributed by atoms with E-state index in [0.29, 0.717) is 49.7 Å². The van der Waals surface area contributed by atoms with E-state index in [4.69, 9.17) is 9.47 Å². The summed E-state index contributed by atoms with van der Waals surface area (Å²) in [6.45, 7) is 9.23. The van der Waals surface area contributed by atoms with Gasteiger partial charge in [0.1, 0.15) is 11.9 Å². The normalized spacial score (nSPS) is 19.8. The van der Waals surface area contributed by atoms with Gasteiger partial charge in [-0.2, -0.15) is 0 Å². The van der Waals surface area contributed by atoms with E-state index in [1.807, 2.05) is 26.8 Å². The summed E-state index contributed by atoms with van der Waals surface area (Å²) >= 11 is 0. The first-order valence-electron chi connectivity index (χ1n) is 9.11. The average Bonchev–Trinajstić information content (AvgIpc) is 2.59. The number of rotatable bonds is 7. The third-order valence-corrected chi connectivity index (χ3v) is 4.40. The van der Waals surface area contributed by atoms with Gasteiger partial charge in [0.05, 0.1) is 25.7 Å². The van der Waals surface area contributed by atoms with Crippen molar-refractivity contribution in [2.75, 3.05) is 19.8 Å². The highest BCUT2D eigenvalue weighted by molar-refractivity contribution is 5.79. The van der Waals surface area contributed by atoms with Crippen LogP contribution in [0.5, 0.6) is 0 Å². The fourth-order valence-electron chi connectivity index (χ4n) is 2.84. The summed E-state index contributed by atoms with van der Waals surface area (Å²) in [5, 5.41) is 2.99. The van der Waals surface area contributed by atoms with Crippen molar-refractivity contribution in [1.29, 1.82) is 0 Å². The molecule has 7 nitrogen and oxygen atoms in total. The summed E-state index contributed by atoms with van der Waals surface area (Å²) in [7, 11) is 0. The van der Waals surface area contributed by atoms with Crippen LogP contribution in [0.3, 0.4) is 0 Å². The van der Waals surface area contributed by atoms with E-state index in [2.05, 4.69) is 15.3 Å². The number of hydrogen-bond donors (Lipinski definition) is 2. The molecule has 1 aromatic rings. The van der Waals surface area contributed by atoms with Crippen LogP contribution in [-0.4, -0.2) is 47.8 Å². The van der Waals surface area contributed by atoms with Gasteiger partial charge in [-0.1, -0.05) is 18.6 Å². The number of nitrogens with one attached hydrogen (secondary N) is 2. The first kappa shape index (κ1) is 20.3. The molecule has 0 aliphatic carbocycles. The predicted octanol–water partition coefficient (Wildman–Crippen LogP) is 1.44. The molecule has 7 heteroatoms. The quantitative estimate of drug-likeness (QED) is 0.715. The number of aromatic amines is 1. The van der Waals surface area contributed by atoms with E-state index >= 15 is 0 Å². The lowest BCUT2D eigenvalue weighted by Crippen LogP contribution is -2.50. The number of H-pyrrole nitrogens is 1. The van der Waals surface area contributed by atoms with Gasteiger partial charge in [0.2, 0.25) is 5.91 Å². The van der Waals surface area contributed by atoms with Crippen LogP contribution in [0.25, 0.3) is 0 Å². The lowest BCUT2D eigenvalue weighted by atomic mass is 10.0. The molecule has 1 fully saturated rings. The average molecular weight is 363 g/mol. The monoisotopic (exact) mass is 363 g/mol. The molecule has 0 spiro atoms.